The summed E-state index contributed by atoms with van der Waals surface area (Å²) in [4.78, 5) is -0.153. The van der Waals surface area contributed by atoms with Crippen molar-refractivity contribution in [3.8, 4) is 0 Å². The van der Waals surface area contributed by atoms with Gasteiger partial charge in [0.05, 0.1) is 0 Å². The summed E-state index contributed by atoms with van der Waals surface area (Å²) in [5.41, 5.74) is 0. The van der Waals surface area contributed by atoms with E-state index in [0.29, 0.717) is 0 Å². The zero-order valence-corrected chi connectivity index (χ0v) is 16.5. The molecule has 0 heterocycles. The predicted molar refractivity (Wildman–Crippen MR) is 94.9 cm³/mol. The smallest absolute Gasteiger partial charge is 0.105 e. The first kappa shape index (κ1) is 19.8. The van der Waals surface area contributed by atoms with Crippen molar-refractivity contribution in [2.45, 2.75) is 101 Å². The van der Waals surface area contributed by atoms with Crippen LogP contribution in [0.15, 0.2) is 0 Å². The standard InChI is InChI=1S/C16H34Cl2Si/c17-16(18)14-12-10-8-6-4-2-1-3-5-7-9-11-13-15-19/h16H,1-15H2,19H3. The Labute approximate surface area is 134 Å². The molecule has 0 aliphatic rings. The minimum Gasteiger partial charge on any atom is -0.105 e. The summed E-state index contributed by atoms with van der Waals surface area (Å²) in [6, 6.07) is 1.50. The molecule has 0 saturated heterocycles. The highest BCUT2D eigenvalue weighted by atomic mass is 35.5. The lowest BCUT2D eigenvalue weighted by Gasteiger charge is -2.03. The monoisotopic (exact) mass is 324 g/mol. The van der Waals surface area contributed by atoms with Crippen molar-refractivity contribution >= 4 is 33.4 Å². The van der Waals surface area contributed by atoms with Crippen LogP contribution in [0.2, 0.25) is 6.04 Å². The number of hydrogen-bond donors (Lipinski definition) is 0. The van der Waals surface area contributed by atoms with Crippen LogP contribution in [0, 0.1) is 0 Å². The van der Waals surface area contributed by atoms with Crippen LogP contribution in [0.1, 0.15) is 89.9 Å². The molecular formula is C16H34Cl2Si. The van der Waals surface area contributed by atoms with Crippen LogP contribution in [0.3, 0.4) is 0 Å². The van der Waals surface area contributed by atoms with Gasteiger partial charge in [-0.25, -0.2) is 0 Å². The Morgan fingerprint density at radius 2 is 0.842 bits per heavy atom. The van der Waals surface area contributed by atoms with Crippen LogP contribution >= 0.6 is 23.2 Å². The van der Waals surface area contributed by atoms with E-state index in [1.54, 1.807) is 0 Å². The highest BCUT2D eigenvalue weighted by Crippen LogP contribution is 2.15. The molecular weight excluding hydrogens is 291 g/mol. The van der Waals surface area contributed by atoms with Crippen LogP contribution in [0.5, 0.6) is 0 Å². The third kappa shape index (κ3) is 18.8. The SMILES string of the molecule is [SiH3]CCCCCCCCCCCCCCCC(Cl)Cl. The van der Waals surface area contributed by atoms with E-state index in [-0.39, 0.29) is 4.84 Å². The third-order valence-electron chi connectivity index (χ3n) is 3.78. The predicted octanol–water partition coefficient (Wildman–Crippen LogP) is 6.04. The number of unbranched alkanes of at least 4 members (excludes halogenated alkanes) is 12. The highest BCUT2D eigenvalue weighted by molar-refractivity contribution is 6.44. The van der Waals surface area contributed by atoms with Gasteiger partial charge < -0.3 is 0 Å². The second-order valence-corrected chi connectivity index (χ2v) is 8.05. The largest absolute Gasteiger partial charge is 0.107 e. The summed E-state index contributed by atoms with van der Waals surface area (Å²) >= 11 is 11.4. The van der Waals surface area contributed by atoms with E-state index >= 15 is 0 Å². The van der Waals surface area contributed by atoms with Crippen LogP contribution in [0.25, 0.3) is 0 Å². The summed E-state index contributed by atoms with van der Waals surface area (Å²) < 4.78 is 0. The Balaban J connectivity index is 2.91. The van der Waals surface area contributed by atoms with Crippen LogP contribution in [0.4, 0.5) is 0 Å². The molecule has 0 aliphatic heterocycles. The van der Waals surface area contributed by atoms with E-state index in [2.05, 4.69) is 0 Å². The molecule has 116 valence electrons. The molecule has 0 rings (SSSR count). The molecule has 0 aromatic carbocycles. The van der Waals surface area contributed by atoms with Crippen molar-refractivity contribution in [2.75, 3.05) is 0 Å². The molecule has 0 spiro atoms. The van der Waals surface area contributed by atoms with Gasteiger partial charge >= 0.3 is 0 Å². The first-order chi connectivity index (χ1) is 9.27. The van der Waals surface area contributed by atoms with Gasteiger partial charge in [0.25, 0.3) is 0 Å². The Kier molecular flexibility index (Phi) is 17.6. The van der Waals surface area contributed by atoms with Gasteiger partial charge in [0.2, 0.25) is 0 Å². The minimum atomic E-state index is -0.153. The lowest BCUT2D eigenvalue weighted by molar-refractivity contribution is 0.537. The maximum absolute atomic E-state index is 5.70. The van der Waals surface area contributed by atoms with Crippen molar-refractivity contribution in [2.24, 2.45) is 0 Å². The van der Waals surface area contributed by atoms with Gasteiger partial charge in [-0.15, -0.1) is 23.2 Å². The van der Waals surface area contributed by atoms with E-state index in [0.717, 1.165) is 6.42 Å². The quantitative estimate of drug-likeness (QED) is 0.196. The van der Waals surface area contributed by atoms with E-state index in [4.69, 9.17) is 23.2 Å². The molecule has 0 nitrogen and oxygen atoms in total. The van der Waals surface area contributed by atoms with Crippen molar-refractivity contribution in [1.29, 1.82) is 0 Å². The number of rotatable bonds is 15. The van der Waals surface area contributed by atoms with E-state index in [9.17, 15) is 0 Å². The van der Waals surface area contributed by atoms with Crippen molar-refractivity contribution in [1.82, 2.24) is 0 Å². The molecule has 19 heavy (non-hydrogen) atoms. The van der Waals surface area contributed by atoms with Crippen molar-refractivity contribution in [3.63, 3.8) is 0 Å². The van der Waals surface area contributed by atoms with E-state index < -0.39 is 0 Å². The van der Waals surface area contributed by atoms with Crippen molar-refractivity contribution < 1.29 is 0 Å². The molecule has 0 aromatic heterocycles. The second-order valence-electron chi connectivity index (χ2n) is 5.78. The Morgan fingerprint density at radius 3 is 1.16 bits per heavy atom. The highest BCUT2D eigenvalue weighted by Gasteiger charge is 1.98. The van der Waals surface area contributed by atoms with Crippen LogP contribution < -0.4 is 0 Å². The fourth-order valence-electron chi connectivity index (χ4n) is 2.49. The zero-order chi connectivity index (χ0) is 14.2. The van der Waals surface area contributed by atoms with Crippen molar-refractivity contribution in [3.05, 3.63) is 0 Å². The first-order valence-electron chi connectivity index (χ1n) is 8.55. The van der Waals surface area contributed by atoms with Gasteiger partial charge in [0, 0.05) is 10.2 Å². The molecule has 0 aliphatic carbocycles. The Morgan fingerprint density at radius 1 is 0.526 bits per heavy atom. The van der Waals surface area contributed by atoms with E-state index in [1.807, 2.05) is 0 Å². The van der Waals surface area contributed by atoms with Gasteiger partial charge in [0.15, 0.2) is 0 Å². The fraction of sp³-hybridized carbons (Fsp3) is 1.00. The molecule has 3 heteroatoms. The average Bonchev–Trinajstić information content (AvgIpc) is 2.39. The topological polar surface area (TPSA) is 0 Å². The second kappa shape index (κ2) is 16.9. The molecule has 0 aromatic rings. The summed E-state index contributed by atoms with van der Waals surface area (Å²) in [5, 5.41) is 0. The lowest BCUT2D eigenvalue weighted by atomic mass is 10.0. The summed E-state index contributed by atoms with van der Waals surface area (Å²) in [5.74, 6) is 0. The number of halogens is 2. The number of alkyl halides is 2. The van der Waals surface area contributed by atoms with Gasteiger partial charge in [-0.05, 0) is 6.42 Å². The maximum atomic E-state index is 5.70. The lowest BCUT2D eigenvalue weighted by Crippen LogP contribution is -1.87. The molecule has 0 radical (unpaired) electrons. The van der Waals surface area contributed by atoms with Gasteiger partial charge in [-0.3, -0.25) is 0 Å². The molecule has 0 saturated carbocycles. The summed E-state index contributed by atoms with van der Waals surface area (Å²) in [6.07, 6.45) is 19.4. The molecule has 0 bridgehead atoms. The van der Waals surface area contributed by atoms with Gasteiger partial charge in [0.1, 0.15) is 4.84 Å². The van der Waals surface area contributed by atoms with Crippen LogP contribution in [-0.4, -0.2) is 15.1 Å². The molecule has 0 unspecified atom stereocenters. The zero-order valence-electron chi connectivity index (χ0n) is 12.9. The summed E-state index contributed by atoms with van der Waals surface area (Å²) in [6.45, 7) is 0. The third-order valence-corrected chi connectivity index (χ3v) is 4.92. The molecule has 0 N–H and O–H groups in total. The molecule has 0 atom stereocenters. The van der Waals surface area contributed by atoms with Gasteiger partial charge in [-0.2, -0.15) is 0 Å². The Bertz CT molecular complexity index is 163. The van der Waals surface area contributed by atoms with Crippen LogP contribution in [-0.2, 0) is 0 Å². The average molecular weight is 325 g/mol. The Hall–Kier alpha value is 0.797. The molecule has 0 amide bonds. The minimum absolute atomic E-state index is 0.153. The number of hydrogen-bond acceptors (Lipinski definition) is 0. The molecule has 0 fully saturated rings. The van der Waals surface area contributed by atoms with Gasteiger partial charge in [-0.1, -0.05) is 89.5 Å². The maximum Gasteiger partial charge on any atom is 0.107 e. The summed E-state index contributed by atoms with van der Waals surface area (Å²) in [7, 11) is 1.40. The first-order valence-corrected chi connectivity index (χ1v) is 10.8. The normalized spacial score (nSPS) is 11.5. The van der Waals surface area contributed by atoms with E-state index in [1.165, 1.54) is 99.8 Å². The fourth-order valence-corrected chi connectivity index (χ4v) is 3.30.